The number of carbonyl (C=O) groups is 1. The smallest absolute Gasteiger partial charge is 0.325 e. The Kier molecular flexibility index (Phi) is 5.81. The molecule has 7 heteroatoms. The first-order chi connectivity index (χ1) is 14.6. The fraction of sp³-hybridized carbons (Fsp3) is 0.261. The second kappa shape index (κ2) is 8.67. The maximum atomic E-state index is 12.4. The van der Waals surface area contributed by atoms with Crippen LogP contribution in [0, 0.1) is 6.92 Å². The van der Waals surface area contributed by atoms with E-state index in [9.17, 15) is 4.79 Å². The molecule has 0 radical (unpaired) electrons. The summed E-state index contributed by atoms with van der Waals surface area (Å²) in [5.74, 6) is -0.303. The summed E-state index contributed by atoms with van der Waals surface area (Å²) >= 11 is 5.63. The van der Waals surface area contributed by atoms with Crippen LogP contribution in [0.15, 0.2) is 66.9 Å². The molecule has 0 amide bonds. The van der Waals surface area contributed by atoms with Crippen LogP contribution in [0.1, 0.15) is 36.1 Å². The van der Waals surface area contributed by atoms with Crippen LogP contribution in [0.5, 0.6) is 0 Å². The third-order valence-corrected chi connectivity index (χ3v) is 5.58. The van der Waals surface area contributed by atoms with Gasteiger partial charge >= 0.3 is 5.97 Å². The first-order valence-corrected chi connectivity index (χ1v) is 10.4. The summed E-state index contributed by atoms with van der Waals surface area (Å²) in [4.78, 5) is 18.8. The Hall–Kier alpha value is -3.19. The van der Waals surface area contributed by atoms with E-state index in [4.69, 9.17) is 17.0 Å². The Morgan fingerprint density at radius 1 is 1.13 bits per heavy atom. The van der Waals surface area contributed by atoms with Gasteiger partial charge < -0.3 is 19.5 Å². The van der Waals surface area contributed by atoms with Crippen LogP contribution in [-0.4, -0.2) is 38.7 Å². The summed E-state index contributed by atoms with van der Waals surface area (Å²) in [5, 5.41) is 3.89. The summed E-state index contributed by atoms with van der Waals surface area (Å²) < 4.78 is 7.41. The lowest BCUT2D eigenvalue weighted by Gasteiger charge is -2.28. The summed E-state index contributed by atoms with van der Waals surface area (Å²) in [6.45, 7) is 4.28. The first-order valence-electron chi connectivity index (χ1n) is 9.97. The van der Waals surface area contributed by atoms with Crippen molar-refractivity contribution in [1.82, 2.24) is 19.8 Å². The number of aryl methyl sites for hydroxylation is 1. The van der Waals surface area contributed by atoms with Crippen molar-refractivity contribution in [3.63, 3.8) is 0 Å². The van der Waals surface area contributed by atoms with Crippen molar-refractivity contribution in [3.05, 3.63) is 83.9 Å². The van der Waals surface area contributed by atoms with Crippen molar-refractivity contribution < 1.29 is 9.53 Å². The maximum Gasteiger partial charge on any atom is 0.325 e. The van der Waals surface area contributed by atoms with E-state index in [2.05, 4.69) is 46.1 Å². The van der Waals surface area contributed by atoms with Crippen molar-refractivity contribution in [3.8, 4) is 5.69 Å². The molecule has 0 unspecified atom stereocenters. The summed E-state index contributed by atoms with van der Waals surface area (Å²) in [5.41, 5.74) is 4.06. The van der Waals surface area contributed by atoms with Gasteiger partial charge in [0.25, 0.3) is 0 Å². The number of hydrogen-bond donors (Lipinski definition) is 1. The number of esters is 1. The fourth-order valence-electron chi connectivity index (χ4n) is 3.96. The molecular weight excluding hydrogens is 396 g/mol. The van der Waals surface area contributed by atoms with Gasteiger partial charge in [0.05, 0.1) is 24.4 Å². The van der Waals surface area contributed by atoms with Gasteiger partial charge in [-0.3, -0.25) is 9.78 Å². The monoisotopic (exact) mass is 420 g/mol. The molecule has 0 bridgehead atoms. The Morgan fingerprint density at radius 3 is 2.60 bits per heavy atom. The molecule has 3 aromatic rings. The third-order valence-electron chi connectivity index (χ3n) is 5.23. The lowest BCUT2D eigenvalue weighted by Crippen LogP contribution is -2.36. The highest BCUT2D eigenvalue weighted by Gasteiger charge is 2.42. The highest BCUT2D eigenvalue weighted by molar-refractivity contribution is 7.80. The van der Waals surface area contributed by atoms with Gasteiger partial charge in [0, 0.05) is 23.3 Å². The molecular formula is C23H24N4O2S. The van der Waals surface area contributed by atoms with Gasteiger partial charge in [-0.2, -0.15) is 0 Å². The van der Waals surface area contributed by atoms with Crippen molar-refractivity contribution in [2.45, 2.75) is 25.9 Å². The Morgan fingerprint density at radius 2 is 1.90 bits per heavy atom. The number of rotatable bonds is 6. The minimum absolute atomic E-state index is 0.0761. The zero-order valence-corrected chi connectivity index (χ0v) is 17.8. The van der Waals surface area contributed by atoms with E-state index in [1.807, 2.05) is 41.3 Å². The van der Waals surface area contributed by atoms with Crippen LogP contribution >= 0.6 is 12.2 Å². The van der Waals surface area contributed by atoms with E-state index in [-0.39, 0.29) is 24.6 Å². The molecule has 0 aliphatic carbocycles. The molecule has 0 spiro atoms. The zero-order chi connectivity index (χ0) is 21.1. The molecule has 1 saturated heterocycles. The van der Waals surface area contributed by atoms with E-state index in [0.29, 0.717) is 11.7 Å². The predicted octanol–water partition coefficient (Wildman–Crippen LogP) is 3.72. The third kappa shape index (κ3) is 3.80. The van der Waals surface area contributed by atoms with Gasteiger partial charge in [-0.1, -0.05) is 24.3 Å². The molecule has 4 rings (SSSR count). The van der Waals surface area contributed by atoms with E-state index >= 15 is 0 Å². The van der Waals surface area contributed by atoms with Crippen molar-refractivity contribution in [2.24, 2.45) is 0 Å². The minimum atomic E-state index is -0.303. The second-order valence-corrected chi connectivity index (χ2v) is 7.52. The number of benzene rings is 1. The number of carbonyl (C=O) groups excluding carboxylic acids is 1. The van der Waals surface area contributed by atoms with Gasteiger partial charge in [-0.15, -0.1) is 0 Å². The summed E-state index contributed by atoms with van der Waals surface area (Å²) in [6, 6.07) is 19.8. The number of thiocarbonyl (C=S) groups is 1. The Bertz CT molecular complexity index is 1040. The summed E-state index contributed by atoms with van der Waals surface area (Å²) in [7, 11) is 0. The zero-order valence-electron chi connectivity index (χ0n) is 17.0. The largest absolute Gasteiger partial charge is 0.465 e. The predicted molar refractivity (Wildman–Crippen MR) is 119 cm³/mol. The molecule has 1 fully saturated rings. The molecule has 1 aliphatic heterocycles. The average Bonchev–Trinajstić information content (AvgIpc) is 3.29. The molecule has 3 heterocycles. The molecule has 30 heavy (non-hydrogen) atoms. The van der Waals surface area contributed by atoms with Gasteiger partial charge in [0.1, 0.15) is 6.54 Å². The second-order valence-electron chi connectivity index (χ2n) is 7.13. The van der Waals surface area contributed by atoms with Crippen LogP contribution in [0.3, 0.4) is 0 Å². The number of ether oxygens (including phenoxy) is 1. The molecule has 0 saturated carbocycles. The molecule has 1 aliphatic rings. The molecule has 6 nitrogen and oxygen atoms in total. The van der Waals surface area contributed by atoms with Crippen LogP contribution in [0.4, 0.5) is 0 Å². The van der Waals surface area contributed by atoms with Gasteiger partial charge in [-0.05, 0) is 62.5 Å². The van der Waals surface area contributed by atoms with Crippen molar-refractivity contribution >= 4 is 23.3 Å². The Labute approximate surface area is 181 Å². The van der Waals surface area contributed by atoms with Crippen molar-refractivity contribution in [1.29, 1.82) is 0 Å². The topological polar surface area (TPSA) is 59.4 Å². The number of pyridine rings is 1. The molecule has 1 N–H and O–H groups in total. The van der Waals surface area contributed by atoms with Crippen molar-refractivity contribution in [2.75, 3.05) is 13.2 Å². The Balaban J connectivity index is 1.82. The molecule has 2 aromatic heterocycles. The number of para-hydroxylation sites is 1. The van der Waals surface area contributed by atoms with E-state index in [1.54, 1.807) is 13.1 Å². The normalized spacial score (nSPS) is 18.3. The standard InChI is InChI=1S/C23H24N4O2S/c1-3-29-20(28)15-26-22(21(25-23(26)30)18-11-7-8-14-24-18)19-13-12-16(2)27(19)17-9-5-4-6-10-17/h4-14,21-22H,3,15H2,1-2H3,(H,25,30)/t21-,22+/m0/s1. The number of aromatic nitrogens is 2. The molecule has 1 aromatic carbocycles. The lowest BCUT2D eigenvalue weighted by molar-refractivity contribution is -0.143. The SMILES string of the molecule is CCOC(=O)CN1C(=S)N[C@@H](c2ccccn2)[C@H]1c1ccc(C)n1-c1ccccc1. The van der Waals surface area contributed by atoms with Crippen LogP contribution in [0.25, 0.3) is 5.69 Å². The summed E-state index contributed by atoms with van der Waals surface area (Å²) in [6.07, 6.45) is 1.77. The lowest BCUT2D eigenvalue weighted by atomic mass is 10.0. The van der Waals surface area contributed by atoms with Crippen LogP contribution < -0.4 is 5.32 Å². The van der Waals surface area contributed by atoms with Crippen LogP contribution in [0.2, 0.25) is 0 Å². The molecule has 154 valence electrons. The number of hydrogen-bond acceptors (Lipinski definition) is 4. The molecule has 2 atom stereocenters. The number of nitrogens with one attached hydrogen (secondary N) is 1. The van der Waals surface area contributed by atoms with Crippen LogP contribution in [-0.2, 0) is 9.53 Å². The number of nitrogens with zero attached hydrogens (tertiary/aromatic N) is 3. The maximum absolute atomic E-state index is 12.4. The highest BCUT2D eigenvalue weighted by Crippen LogP contribution is 2.40. The van der Waals surface area contributed by atoms with E-state index in [1.165, 1.54) is 0 Å². The van der Waals surface area contributed by atoms with Gasteiger partial charge in [0.15, 0.2) is 5.11 Å². The fourth-order valence-corrected chi connectivity index (χ4v) is 4.27. The first kappa shape index (κ1) is 20.1. The quantitative estimate of drug-likeness (QED) is 0.485. The highest BCUT2D eigenvalue weighted by atomic mass is 32.1. The van der Waals surface area contributed by atoms with E-state index < -0.39 is 0 Å². The van der Waals surface area contributed by atoms with Gasteiger partial charge in [-0.25, -0.2) is 0 Å². The minimum Gasteiger partial charge on any atom is -0.465 e. The average molecular weight is 421 g/mol. The van der Waals surface area contributed by atoms with Gasteiger partial charge in [0.2, 0.25) is 0 Å². The van der Waals surface area contributed by atoms with E-state index in [0.717, 1.165) is 22.8 Å².